The molecule has 0 radical (unpaired) electrons. The number of hydrogen-bond donors (Lipinski definition) is 0. The van der Waals surface area contributed by atoms with Gasteiger partial charge in [0.15, 0.2) is 6.10 Å². The molecule has 4 rings (SSSR count). The second-order valence-electron chi connectivity index (χ2n) is 6.88. The van der Waals surface area contributed by atoms with Crippen LogP contribution in [-0.2, 0) is 14.4 Å². The van der Waals surface area contributed by atoms with Gasteiger partial charge in [-0.05, 0) is 29.8 Å². The van der Waals surface area contributed by atoms with Crippen LogP contribution in [0.3, 0.4) is 0 Å². The first-order chi connectivity index (χ1) is 12.5. The second kappa shape index (κ2) is 6.14. The van der Waals surface area contributed by atoms with Crippen LogP contribution < -0.4 is 9.96 Å². The van der Waals surface area contributed by atoms with Gasteiger partial charge in [0.1, 0.15) is 5.92 Å². The van der Waals surface area contributed by atoms with Gasteiger partial charge in [-0.1, -0.05) is 30.3 Å². The van der Waals surface area contributed by atoms with Gasteiger partial charge in [0.05, 0.1) is 11.7 Å². The molecule has 0 spiro atoms. The fraction of sp³-hybridized carbons (Fsp3) is 0.300. The highest BCUT2D eigenvalue weighted by Crippen LogP contribution is 2.46. The van der Waals surface area contributed by atoms with E-state index in [0.717, 1.165) is 16.9 Å². The van der Waals surface area contributed by atoms with E-state index in [1.807, 2.05) is 73.6 Å². The first kappa shape index (κ1) is 16.6. The standard InChI is InChI=1S/C20H21N3O3/c1-21(2)14-11-9-13(10-12-14)17-16-18(20(25)22(3)19(16)24)26-23(17)15-7-5-4-6-8-15/h4-12,16-18H,1-3H3/t16-,17-,18+/m0/s1. The minimum atomic E-state index is -0.772. The highest BCUT2D eigenvalue weighted by Gasteiger charge is 2.58. The lowest BCUT2D eigenvalue weighted by Gasteiger charge is -2.28. The summed E-state index contributed by atoms with van der Waals surface area (Å²) in [6.45, 7) is 0. The molecule has 2 aliphatic rings. The highest BCUT2D eigenvalue weighted by atomic mass is 16.7. The number of likely N-dealkylation sites (tertiary alicyclic amines) is 1. The zero-order valence-electron chi connectivity index (χ0n) is 15.0. The average molecular weight is 351 g/mol. The van der Waals surface area contributed by atoms with Crippen molar-refractivity contribution >= 4 is 23.2 Å². The Labute approximate surface area is 152 Å². The highest BCUT2D eigenvalue weighted by molar-refractivity contribution is 6.07. The summed E-state index contributed by atoms with van der Waals surface area (Å²) in [7, 11) is 5.48. The van der Waals surface area contributed by atoms with Gasteiger partial charge >= 0.3 is 0 Å². The lowest BCUT2D eigenvalue weighted by Crippen LogP contribution is -2.34. The Morgan fingerprint density at radius 1 is 0.923 bits per heavy atom. The number of benzene rings is 2. The minimum Gasteiger partial charge on any atom is -0.378 e. The molecule has 2 aliphatic heterocycles. The molecule has 0 saturated carbocycles. The lowest BCUT2D eigenvalue weighted by atomic mass is 9.90. The van der Waals surface area contributed by atoms with E-state index in [-0.39, 0.29) is 17.9 Å². The average Bonchev–Trinajstić information content (AvgIpc) is 3.15. The van der Waals surface area contributed by atoms with Crippen molar-refractivity contribution in [3.05, 3.63) is 60.2 Å². The van der Waals surface area contributed by atoms with E-state index in [9.17, 15) is 9.59 Å². The fourth-order valence-electron chi connectivity index (χ4n) is 3.66. The molecule has 2 amide bonds. The molecule has 0 aliphatic carbocycles. The predicted molar refractivity (Wildman–Crippen MR) is 98.6 cm³/mol. The van der Waals surface area contributed by atoms with Crippen molar-refractivity contribution in [1.29, 1.82) is 0 Å². The summed E-state index contributed by atoms with van der Waals surface area (Å²) in [5.74, 6) is -1.02. The van der Waals surface area contributed by atoms with E-state index in [1.165, 1.54) is 11.9 Å². The molecule has 6 nitrogen and oxygen atoms in total. The topological polar surface area (TPSA) is 53.1 Å². The van der Waals surface area contributed by atoms with Gasteiger partial charge in [0, 0.05) is 26.8 Å². The van der Waals surface area contributed by atoms with Crippen LogP contribution in [0, 0.1) is 5.92 Å². The van der Waals surface area contributed by atoms with Gasteiger partial charge in [-0.25, -0.2) is 5.06 Å². The Hall–Kier alpha value is -2.86. The Morgan fingerprint density at radius 3 is 2.19 bits per heavy atom. The maximum absolute atomic E-state index is 12.7. The van der Waals surface area contributed by atoms with Crippen LogP contribution in [-0.4, -0.2) is 44.0 Å². The third kappa shape index (κ3) is 2.45. The van der Waals surface area contributed by atoms with E-state index in [4.69, 9.17) is 4.84 Å². The summed E-state index contributed by atoms with van der Waals surface area (Å²) in [6, 6.07) is 17.2. The summed E-state index contributed by atoms with van der Waals surface area (Å²) in [4.78, 5) is 34.3. The predicted octanol–water partition coefficient (Wildman–Crippen LogP) is 2.23. The molecule has 2 heterocycles. The number of anilines is 2. The molecule has 2 aromatic rings. The smallest absolute Gasteiger partial charge is 0.261 e. The summed E-state index contributed by atoms with van der Waals surface area (Å²) >= 11 is 0. The molecule has 0 unspecified atom stereocenters. The molecule has 26 heavy (non-hydrogen) atoms. The number of imide groups is 1. The minimum absolute atomic E-state index is 0.194. The number of hydroxylamine groups is 1. The van der Waals surface area contributed by atoms with Crippen molar-refractivity contribution in [2.75, 3.05) is 31.1 Å². The largest absolute Gasteiger partial charge is 0.378 e. The number of para-hydroxylation sites is 1. The van der Waals surface area contributed by atoms with Crippen LogP contribution in [0.2, 0.25) is 0 Å². The van der Waals surface area contributed by atoms with Gasteiger partial charge in [-0.3, -0.25) is 19.3 Å². The third-order valence-electron chi connectivity index (χ3n) is 5.10. The van der Waals surface area contributed by atoms with Crippen LogP contribution in [0.25, 0.3) is 0 Å². The van der Waals surface area contributed by atoms with Crippen LogP contribution in [0.5, 0.6) is 0 Å². The van der Waals surface area contributed by atoms with Crippen LogP contribution in [0.1, 0.15) is 11.6 Å². The maximum Gasteiger partial charge on any atom is 0.261 e. The van der Waals surface area contributed by atoms with Gasteiger partial charge in [-0.15, -0.1) is 0 Å². The van der Waals surface area contributed by atoms with Crippen molar-refractivity contribution < 1.29 is 14.4 Å². The SMILES string of the molecule is CN1C(=O)[C@@H]2[C@@H](ON(c3ccccc3)[C@H]2c2ccc(N(C)C)cc2)C1=O. The number of rotatable bonds is 3. The molecule has 2 saturated heterocycles. The summed E-state index contributed by atoms with van der Waals surface area (Å²) in [5.41, 5.74) is 2.84. The number of carbonyl (C=O) groups is 2. The van der Waals surface area contributed by atoms with Crippen LogP contribution in [0.15, 0.2) is 54.6 Å². The van der Waals surface area contributed by atoms with Gasteiger partial charge < -0.3 is 4.90 Å². The van der Waals surface area contributed by atoms with Gasteiger partial charge in [0.25, 0.3) is 5.91 Å². The number of carbonyl (C=O) groups excluding carboxylic acids is 2. The van der Waals surface area contributed by atoms with Crippen molar-refractivity contribution in [3.8, 4) is 0 Å². The fourth-order valence-corrected chi connectivity index (χ4v) is 3.66. The van der Waals surface area contributed by atoms with Crippen molar-refractivity contribution in [2.24, 2.45) is 5.92 Å². The molecule has 6 heteroatoms. The quantitative estimate of drug-likeness (QED) is 0.794. The molecule has 0 aromatic heterocycles. The monoisotopic (exact) mass is 351 g/mol. The summed E-state index contributed by atoms with van der Waals surface area (Å²) in [6.07, 6.45) is -0.772. The molecule has 2 aromatic carbocycles. The normalized spacial score (nSPS) is 25.0. The molecular formula is C20H21N3O3. The second-order valence-corrected chi connectivity index (χ2v) is 6.88. The Morgan fingerprint density at radius 2 is 1.58 bits per heavy atom. The van der Waals surface area contributed by atoms with Crippen molar-refractivity contribution in [3.63, 3.8) is 0 Å². The van der Waals surface area contributed by atoms with Crippen molar-refractivity contribution in [2.45, 2.75) is 12.1 Å². The van der Waals surface area contributed by atoms with E-state index in [1.54, 1.807) is 5.06 Å². The molecule has 3 atom stereocenters. The molecule has 0 N–H and O–H groups in total. The number of likely N-dealkylation sites (N-methyl/N-ethyl adjacent to an activating group) is 1. The number of fused-ring (bicyclic) bond motifs is 1. The molecule has 2 fully saturated rings. The number of hydrogen-bond acceptors (Lipinski definition) is 5. The maximum atomic E-state index is 12.7. The van der Waals surface area contributed by atoms with Crippen LogP contribution in [0.4, 0.5) is 11.4 Å². The zero-order valence-corrected chi connectivity index (χ0v) is 15.0. The van der Waals surface area contributed by atoms with E-state index >= 15 is 0 Å². The molecule has 134 valence electrons. The Balaban J connectivity index is 1.78. The molecular weight excluding hydrogens is 330 g/mol. The van der Waals surface area contributed by atoms with E-state index in [0.29, 0.717) is 0 Å². The number of nitrogens with zero attached hydrogens (tertiary/aromatic N) is 3. The summed E-state index contributed by atoms with van der Waals surface area (Å²) < 4.78 is 0. The Kier molecular flexibility index (Phi) is 3.92. The first-order valence-electron chi connectivity index (χ1n) is 8.59. The third-order valence-corrected chi connectivity index (χ3v) is 5.10. The van der Waals surface area contributed by atoms with Gasteiger partial charge in [-0.2, -0.15) is 0 Å². The summed E-state index contributed by atoms with van der Waals surface area (Å²) in [5, 5.41) is 1.71. The van der Waals surface area contributed by atoms with Gasteiger partial charge in [0.2, 0.25) is 5.91 Å². The first-order valence-corrected chi connectivity index (χ1v) is 8.59. The number of amides is 2. The lowest BCUT2D eigenvalue weighted by molar-refractivity contribution is -0.141. The Bertz CT molecular complexity index is 835. The van der Waals surface area contributed by atoms with Crippen LogP contribution >= 0.6 is 0 Å². The van der Waals surface area contributed by atoms with Crippen molar-refractivity contribution in [1.82, 2.24) is 4.90 Å². The zero-order chi connectivity index (χ0) is 18.4. The van der Waals surface area contributed by atoms with E-state index < -0.39 is 12.0 Å². The van der Waals surface area contributed by atoms with E-state index in [2.05, 4.69) is 0 Å². The molecule has 0 bridgehead atoms.